The Balaban J connectivity index is 1.62. The van der Waals surface area contributed by atoms with E-state index in [1.54, 1.807) is 18.2 Å². The van der Waals surface area contributed by atoms with Crippen LogP contribution in [0.2, 0.25) is 10.0 Å². The number of halogens is 5. The topological polar surface area (TPSA) is 75.4 Å². The minimum atomic E-state index is -4.66. The highest BCUT2D eigenvalue weighted by Crippen LogP contribution is 2.32. The zero-order chi connectivity index (χ0) is 20.1. The van der Waals surface area contributed by atoms with Crippen LogP contribution in [0, 0.1) is 0 Å². The number of aromatic nitrogens is 4. The van der Waals surface area contributed by atoms with E-state index in [0.717, 1.165) is 16.9 Å². The second-order valence-corrected chi connectivity index (χ2v) is 6.88. The molecule has 4 rings (SSSR count). The summed E-state index contributed by atoms with van der Waals surface area (Å²) < 4.78 is 40.4. The smallest absolute Gasteiger partial charge is 0.358 e. The molecule has 2 aromatic heterocycles. The highest BCUT2D eigenvalue weighted by atomic mass is 35.5. The highest BCUT2D eigenvalue weighted by molar-refractivity contribution is 6.42. The molecular weight excluding hydrogens is 420 g/mol. The number of fused-ring (bicyclic) bond motifs is 1. The first-order valence-electron chi connectivity index (χ1n) is 8.05. The van der Waals surface area contributed by atoms with Gasteiger partial charge in [-0.2, -0.15) is 27.8 Å². The van der Waals surface area contributed by atoms with Crippen LogP contribution in [-0.2, 0) is 11.0 Å². The Morgan fingerprint density at radius 2 is 1.96 bits per heavy atom. The van der Waals surface area contributed by atoms with Crippen molar-refractivity contribution in [1.82, 2.24) is 19.6 Å². The minimum Gasteiger partial charge on any atom is -0.358 e. The lowest BCUT2D eigenvalue weighted by atomic mass is 10.2. The van der Waals surface area contributed by atoms with Gasteiger partial charge in [-0.3, -0.25) is 4.79 Å². The van der Waals surface area contributed by atoms with E-state index in [-0.39, 0.29) is 17.5 Å². The Bertz CT molecular complexity index is 1070. The largest absolute Gasteiger partial charge is 0.433 e. The molecule has 3 heterocycles. The van der Waals surface area contributed by atoms with Gasteiger partial charge in [-0.1, -0.05) is 23.2 Å². The third-order valence-electron chi connectivity index (χ3n) is 4.28. The molecule has 1 aliphatic heterocycles. The Labute approximate surface area is 166 Å². The first-order chi connectivity index (χ1) is 13.2. The van der Waals surface area contributed by atoms with Crippen molar-refractivity contribution in [3.05, 3.63) is 46.3 Å². The molecule has 12 heteroatoms. The van der Waals surface area contributed by atoms with Gasteiger partial charge in [0.15, 0.2) is 5.69 Å². The summed E-state index contributed by atoms with van der Waals surface area (Å²) in [4.78, 5) is 21.4. The predicted molar refractivity (Wildman–Crippen MR) is 96.6 cm³/mol. The predicted octanol–water partition coefficient (Wildman–Crippen LogP) is 3.67. The monoisotopic (exact) mass is 430 g/mol. The van der Waals surface area contributed by atoms with Crippen molar-refractivity contribution in [1.29, 1.82) is 0 Å². The average Bonchev–Trinajstić information content (AvgIpc) is 3.24. The Hall–Kier alpha value is -2.59. The molecule has 1 fully saturated rings. The number of alkyl halides is 3. The van der Waals surface area contributed by atoms with Gasteiger partial charge < -0.3 is 10.2 Å². The van der Waals surface area contributed by atoms with Crippen molar-refractivity contribution in [3.63, 3.8) is 0 Å². The maximum atomic E-state index is 13.1. The summed E-state index contributed by atoms with van der Waals surface area (Å²) in [5, 5.41) is 7.35. The zero-order valence-electron chi connectivity index (χ0n) is 13.9. The fourth-order valence-corrected chi connectivity index (χ4v) is 3.25. The molecule has 7 nitrogen and oxygen atoms in total. The van der Waals surface area contributed by atoms with Crippen molar-refractivity contribution in [2.75, 3.05) is 16.8 Å². The first kappa shape index (κ1) is 18.8. The van der Waals surface area contributed by atoms with Gasteiger partial charge in [-0.05, 0) is 24.6 Å². The third kappa shape index (κ3) is 3.33. The Kier molecular flexibility index (Phi) is 4.54. The fraction of sp³-hybridized carbons (Fsp3) is 0.250. The summed E-state index contributed by atoms with van der Waals surface area (Å²) in [5.41, 5.74) is -0.567. The number of rotatable bonds is 3. The maximum absolute atomic E-state index is 13.1. The van der Waals surface area contributed by atoms with Crippen molar-refractivity contribution in [2.45, 2.75) is 18.6 Å². The van der Waals surface area contributed by atoms with Gasteiger partial charge in [0.25, 0.3) is 5.78 Å². The van der Waals surface area contributed by atoms with Gasteiger partial charge in [0.05, 0.1) is 10.0 Å². The van der Waals surface area contributed by atoms with Gasteiger partial charge in [0.1, 0.15) is 18.2 Å². The molecule has 1 unspecified atom stereocenters. The van der Waals surface area contributed by atoms with Crippen LogP contribution < -0.4 is 10.2 Å². The van der Waals surface area contributed by atoms with Gasteiger partial charge in [-0.15, -0.1) is 0 Å². The number of benzene rings is 1. The molecule has 146 valence electrons. The van der Waals surface area contributed by atoms with E-state index < -0.39 is 17.9 Å². The molecule has 0 radical (unpaired) electrons. The van der Waals surface area contributed by atoms with E-state index in [0.29, 0.717) is 28.7 Å². The van der Waals surface area contributed by atoms with Crippen LogP contribution in [-0.4, -0.2) is 38.1 Å². The second kappa shape index (κ2) is 6.78. The second-order valence-electron chi connectivity index (χ2n) is 6.07. The van der Waals surface area contributed by atoms with E-state index >= 15 is 0 Å². The molecule has 3 aromatic rings. The normalized spacial score (nSPS) is 17.5. The minimum absolute atomic E-state index is 0.0239. The van der Waals surface area contributed by atoms with Crippen molar-refractivity contribution in [3.8, 4) is 0 Å². The molecule has 0 aliphatic carbocycles. The molecule has 28 heavy (non-hydrogen) atoms. The van der Waals surface area contributed by atoms with Crippen molar-refractivity contribution >= 4 is 46.4 Å². The van der Waals surface area contributed by atoms with Crippen LogP contribution in [0.3, 0.4) is 0 Å². The summed E-state index contributed by atoms with van der Waals surface area (Å²) in [5.74, 6) is -0.551. The number of hydrogen-bond acceptors (Lipinski definition) is 5. The SMILES string of the molecule is O=C1C(Nc2cc(C(F)(F)F)nc3ncnn23)CCN1c1ccc(Cl)c(Cl)c1. The lowest BCUT2D eigenvalue weighted by Gasteiger charge is -2.19. The molecule has 1 atom stereocenters. The summed E-state index contributed by atoms with van der Waals surface area (Å²) in [6, 6.07) is 4.85. The molecular formula is C16H11Cl2F3N6O. The Morgan fingerprint density at radius 1 is 1.18 bits per heavy atom. The quantitative estimate of drug-likeness (QED) is 0.685. The van der Waals surface area contributed by atoms with Crippen LogP contribution in [0.5, 0.6) is 0 Å². The standard InChI is InChI=1S/C16H11Cl2F3N6O/c17-9-2-1-8(5-10(9)18)26-4-3-11(14(26)28)24-13-6-12(16(19,20)21)25-15-22-7-23-27(13)15/h1-2,5-7,11,24H,3-4H2. The summed E-state index contributed by atoms with van der Waals surface area (Å²) in [7, 11) is 0. The molecule has 1 N–H and O–H groups in total. The van der Waals surface area contributed by atoms with E-state index in [2.05, 4.69) is 20.4 Å². The molecule has 0 spiro atoms. The van der Waals surface area contributed by atoms with E-state index in [1.165, 1.54) is 4.90 Å². The number of nitrogens with one attached hydrogen (secondary N) is 1. The van der Waals surface area contributed by atoms with Crippen LogP contribution >= 0.6 is 23.2 Å². The van der Waals surface area contributed by atoms with Crippen LogP contribution in [0.4, 0.5) is 24.7 Å². The molecule has 0 bridgehead atoms. The molecule has 0 saturated carbocycles. The number of carbonyl (C=O) groups excluding carboxylic acids is 1. The van der Waals surface area contributed by atoms with Gasteiger partial charge in [0, 0.05) is 18.3 Å². The van der Waals surface area contributed by atoms with Crippen LogP contribution in [0.1, 0.15) is 12.1 Å². The lowest BCUT2D eigenvalue weighted by molar-refractivity contribution is -0.141. The number of carbonyl (C=O) groups is 1. The van der Waals surface area contributed by atoms with Gasteiger partial charge in [0.2, 0.25) is 5.91 Å². The maximum Gasteiger partial charge on any atom is 0.433 e. The summed E-state index contributed by atoms with van der Waals surface area (Å²) >= 11 is 11.9. The number of hydrogen-bond donors (Lipinski definition) is 1. The van der Waals surface area contributed by atoms with Crippen LogP contribution in [0.15, 0.2) is 30.6 Å². The van der Waals surface area contributed by atoms with Crippen molar-refractivity contribution in [2.24, 2.45) is 0 Å². The summed E-state index contributed by atoms with van der Waals surface area (Å²) in [6.45, 7) is 0.367. The zero-order valence-corrected chi connectivity index (χ0v) is 15.4. The number of amides is 1. The summed E-state index contributed by atoms with van der Waals surface area (Å²) in [6.07, 6.45) is -3.19. The molecule has 1 saturated heterocycles. The van der Waals surface area contributed by atoms with E-state index in [4.69, 9.17) is 23.2 Å². The number of anilines is 2. The van der Waals surface area contributed by atoms with Gasteiger partial charge in [-0.25, -0.2) is 4.98 Å². The average molecular weight is 431 g/mol. The molecule has 1 amide bonds. The van der Waals surface area contributed by atoms with E-state index in [9.17, 15) is 18.0 Å². The van der Waals surface area contributed by atoms with Crippen LogP contribution in [0.25, 0.3) is 5.78 Å². The number of nitrogens with zero attached hydrogens (tertiary/aromatic N) is 5. The third-order valence-corrected chi connectivity index (χ3v) is 5.02. The lowest BCUT2D eigenvalue weighted by Crippen LogP contribution is -2.34. The van der Waals surface area contributed by atoms with Gasteiger partial charge >= 0.3 is 6.18 Å². The molecule has 1 aromatic carbocycles. The van der Waals surface area contributed by atoms with E-state index in [1.807, 2.05) is 0 Å². The fourth-order valence-electron chi connectivity index (χ4n) is 2.96. The highest BCUT2D eigenvalue weighted by Gasteiger charge is 2.36. The first-order valence-corrected chi connectivity index (χ1v) is 8.80. The molecule has 1 aliphatic rings. The van der Waals surface area contributed by atoms with Crippen molar-refractivity contribution < 1.29 is 18.0 Å². The Morgan fingerprint density at radius 3 is 2.68 bits per heavy atom.